The Hall–Kier alpha value is -0.280. The van der Waals surface area contributed by atoms with Crippen molar-refractivity contribution in [1.82, 2.24) is 5.32 Å². The Balaban J connectivity index is 3.27. The van der Waals surface area contributed by atoms with Gasteiger partial charge in [0.15, 0.2) is 0 Å². The SMILES string of the molecule is CCC(CC)(OC)C(NC)c1cc(Cl)ccc1Cl. The second-order valence-electron chi connectivity index (χ2n) is 4.36. The Kier molecular flexibility index (Phi) is 5.93. The molecule has 0 bridgehead atoms. The number of hydrogen-bond acceptors (Lipinski definition) is 2. The highest BCUT2D eigenvalue weighted by atomic mass is 35.5. The number of benzene rings is 1. The van der Waals surface area contributed by atoms with Crippen molar-refractivity contribution in [2.45, 2.75) is 38.3 Å². The molecule has 0 aliphatic carbocycles. The lowest BCUT2D eigenvalue weighted by Gasteiger charge is -2.39. The van der Waals surface area contributed by atoms with Gasteiger partial charge in [-0.1, -0.05) is 37.0 Å². The molecule has 1 aromatic rings. The predicted molar refractivity (Wildman–Crippen MR) is 78.6 cm³/mol. The zero-order valence-electron chi connectivity index (χ0n) is 11.4. The summed E-state index contributed by atoms with van der Waals surface area (Å²) in [5.74, 6) is 0. The Morgan fingerprint density at radius 2 is 1.89 bits per heavy atom. The van der Waals surface area contributed by atoms with Crippen LogP contribution in [0, 0.1) is 0 Å². The smallest absolute Gasteiger partial charge is 0.0867 e. The molecule has 4 heteroatoms. The van der Waals surface area contributed by atoms with E-state index in [9.17, 15) is 0 Å². The highest BCUT2D eigenvalue weighted by molar-refractivity contribution is 6.33. The van der Waals surface area contributed by atoms with Crippen LogP contribution in [-0.2, 0) is 4.74 Å². The van der Waals surface area contributed by atoms with Gasteiger partial charge in [0.05, 0.1) is 11.6 Å². The molecule has 0 aliphatic rings. The summed E-state index contributed by atoms with van der Waals surface area (Å²) in [7, 11) is 3.66. The summed E-state index contributed by atoms with van der Waals surface area (Å²) < 4.78 is 5.77. The second kappa shape index (κ2) is 6.76. The van der Waals surface area contributed by atoms with Crippen LogP contribution in [0.25, 0.3) is 0 Å². The molecule has 1 unspecified atom stereocenters. The minimum atomic E-state index is -0.275. The molecule has 1 aromatic carbocycles. The maximum Gasteiger partial charge on any atom is 0.0867 e. The van der Waals surface area contributed by atoms with Gasteiger partial charge in [0.2, 0.25) is 0 Å². The third kappa shape index (κ3) is 3.00. The molecule has 1 N–H and O–H groups in total. The van der Waals surface area contributed by atoms with Gasteiger partial charge in [-0.3, -0.25) is 0 Å². The Bertz CT molecular complexity index is 383. The van der Waals surface area contributed by atoms with Crippen LogP contribution in [0.3, 0.4) is 0 Å². The lowest BCUT2D eigenvalue weighted by atomic mass is 9.84. The molecule has 102 valence electrons. The van der Waals surface area contributed by atoms with Crippen molar-refractivity contribution in [3.05, 3.63) is 33.8 Å². The van der Waals surface area contributed by atoms with E-state index in [0.29, 0.717) is 10.0 Å². The fourth-order valence-corrected chi connectivity index (χ4v) is 2.91. The highest BCUT2D eigenvalue weighted by Crippen LogP contribution is 2.38. The average Bonchev–Trinajstić information content (AvgIpc) is 2.39. The number of nitrogens with one attached hydrogen (secondary N) is 1. The lowest BCUT2D eigenvalue weighted by Crippen LogP contribution is -2.43. The Morgan fingerprint density at radius 1 is 1.28 bits per heavy atom. The molecule has 0 amide bonds. The van der Waals surface area contributed by atoms with Crippen molar-refractivity contribution in [3.63, 3.8) is 0 Å². The third-order valence-electron chi connectivity index (χ3n) is 3.69. The highest BCUT2D eigenvalue weighted by Gasteiger charge is 2.37. The molecule has 18 heavy (non-hydrogen) atoms. The summed E-state index contributed by atoms with van der Waals surface area (Å²) in [6.45, 7) is 4.24. The lowest BCUT2D eigenvalue weighted by molar-refractivity contribution is -0.0467. The van der Waals surface area contributed by atoms with E-state index < -0.39 is 0 Å². The molecular weight excluding hydrogens is 269 g/mol. The number of rotatable bonds is 6. The van der Waals surface area contributed by atoms with Crippen molar-refractivity contribution < 1.29 is 4.74 Å². The van der Waals surface area contributed by atoms with E-state index in [2.05, 4.69) is 19.2 Å². The van der Waals surface area contributed by atoms with E-state index in [1.165, 1.54) is 0 Å². The summed E-state index contributed by atoms with van der Waals surface area (Å²) in [6.07, 6.45) is 1.79. The third-order valence-corrected chi connectivity index (χ3v) is 4.27. The van der Waals surface area contributed by atoms with Gasteiger partial charge in [-0.05, 0) is 43.7 Å². The van der Waals surface area contributed by atoms with Crippen LogP contribution in [0.1, 0.15) is 38.3 Å². The molecule has 0 saturated heterocycles. The fourth-order valence-electron chi connectivity index (χ4n) is 2.50. The summed E-state index contributed by atoms with van der Waals surface area (Å²) in [5.41, 5.74) is 0.709. The first-order chi connectivity index (χ1) is 8.54. The van der Waals surface area contributed by atoms with E-state index in [0.717, 1.165) is 18.4 Å². The predicted octanol–water partition coefficient (Wildman–Crippen LogP) is 4.46. The number of likely N-dealkylation sites (N-methyl/N-ethyl adjacent to an activating group) is 1. The zero-order valence-corrected chi connectivity index (χ0v) is 12.9. The Labute approximate surface area is 120 Å². The molecule has 0 spiro atoms. The maximum atomic E-state index is 6.29. The number of ether oxygens (including phenoxy) is 1. The molecule has 2 nitrogen and oxygen atoms in total. The van der Waals surface area contributed by atoms with Crippen LogP contribution in [0.2, 0.25) is 10.0 Å². The molecule has 1 atom stereocenters. The van der Waals surface area contributed by atoms with Crippen LogP contribution in [0.5, 0.6) is 0 Å². The minimum absolute atomic E-state index is 0.0173. The Morgan fingerprint density at radius 3 is 2.33 bits per heavy atom. The van der Waals surface area contributed by atoms with Crippen LogP contribution >= 0.6 is 23.2 Å². The van der Waals surface area contributed by atoms with Gasteiger partial charge in [0, 0.05) is 17.2 Å². The second-order valence-corrected chi connectivity index (χ2v) is 5.21. The fraction of sp³-hybridized carbons (Fsp3) is 0.571. The first kappa shape index (κ1) is 15.8. The van der Waals surface area contributed by atoms with Crippen LogP contribution in [0.15, 0.2) is 18.2 Å². The number of hydrogen-bond donors (Lipinski definition) is 1. The molecule has 0 aliphatic heterocycles. The first-order valence-corrected chi connectivity index (χ1v) is 6.97. The van der Waals surface area contributed by atoms with Gasteiger partial charge in [-0.15, -0.1) is 0 Å². The van der Waals surface area contributed by atoms with Crippen molar-refractivity contribution in [3.8, 4) is 0 Å². The quantitative estimate of drug-likeness (QED) is 0.835. The van der Waals surface area contributed by atoms with Gasteiger partial charge in [0.1, 0.15) is 0 Å². The largest absolute Gasteiger partial charge is 0.376 e. The van der Waals surface area contributed by atoms with Gasteiger partial charge in [0.25, 0.3) is 0 Å². The van der Waals surface area contributed by atoms with Crippen LogP contribution in [0.4, 0.5) is 0 Å². The molecule has 0 heterocycles. The molecular formula is C14H21Cl2NO. The van der Waals surface area contributed by atoms with E-state index in [1.54, 1.807) is 13.2 Å². The summed E-state index contributed by atoms with van der Waals surface area (Å²) in [5, 5.41) is 4.71. The van der Waals surface area contributed by atoms with Crippen molar-refractivity contribution >= 4 is 23.2 Å². The molecule has 0 saturated carbocycles. The van der Waals surface area contributed by atoms with Gasteiger partial charge in [-0.25, -0.2) is 0 Å². The normalized spacial score (nSPS) is 13.7. The van der Waals surface area contributed by atoms with Crippen molar-refractivity contribution in [2.24, 2.45) is 0 Å². The summed E-state index contributed by atoms with van der Waals surface area (Å²) >= 11 is 12.4. The van der Waals surface area contributed by atoms with E-state index in [1.807, 2.05) is 19.2 Å². The molecule has 0 radical (unpaired) electrons. The van der Waals surface area contributed by atoms with E-state index >= 15 is 0 Å². The minimum Gasteiger partial charge on any atom is -0.376 e. The van der Waals surface area contributed by atoms with Crippen LogP contribution in [-0.4, -0.2) is 19.8 Å². The number of methoxy groups -OCH3 is 1. The zero-order chi connectivity index (χ0) is 13.8. The first-order valence-electron chi connectivity index (χ1n) is 6.22. The topological polar surface area (TPSA) is 21.3 Å². The molecule has 1 rings (SSSR count). The van der Waals surface area contributed by atoms with Gasteiger partial charge in [-0.2, -0.15) is 0 Å². The van der Waals surface area contributed by atoms with Crippen molar-refractivity contribution in [1.29, 1.82) is 0 Å². The average molecular weight is 290 g/mol. The molecule has 0 fully saturated rings. The monoisotopic (exact) mass is 289 g/mol. The van der Waals surface area contributed by atoms with Gasteiger partial charge < -0.3 is 10.1 Å². The van der Waals surface area contributed by atoms with Gasteiger partial charge >= 0.3 is 0 Å². The molecule has 0 aromatic heterocycles. The summed E-state index contributed by atoms with van der Waals surface area (Å²) in [4.78, 5) is 0. The van der Waals surface area contributed by atoms with Crippen LogP contribution < -0.4 is 5.32 Å². The standard InChI is InChI=1S/C14H21Cl2NO/c1-5-14(6-2,18-4)13(17-3)11-9-10(15)7-8-12(11)16/h7-9,13,17H,5-6H2,1-4H3. The van der Waals surface area contributed by atoms with E-state index in [-0.39, 0.29) is 11.6 Å². The van der Waals surface area contributed by atoms with E-state index in [4.69, 9.17) is 27.9 Å². The van der Waals surface area contributed by atoms with Crippen molar-refractivity contribution in [2.75, 3.05) is 14.2 Å². The number of halogens is 2. The summed E-state index contributed by atoms with van der Waals surface area (Å²) in [6, 6.07) is 5.55. The maximum absolute atomic E-state index is 6.29.